The Balaban J connectivity index is 1.74. The summed E-state index contributed by atoms with van der Waals surface area (Å²) in [5, 5.41) is 3.62. The summed E-state index contributed by atoms with van der Waals surface area (Å²) in [6.45, 7) is 0. The number of nitrogens with zero attached hydrogens (tertiary/aromatic N) is 1. The minimum atomic E-state index is -1.03. The van der Waals surface area contributed by atoms with Crippen LogP contribution in [-0.2, 0) is 9.59 Å². The second-order valence-electron chi connectivity index (χ2n) is 8.90. The number of hydrogen-bond donors (Lipinski definition) is 1. The van der Waals surface area contributed by atoms with Crippen LogP contribution in [0.5, 0.6) is 0 Å². The van der Waals surface area contributed by atoms with E-state index in [4.69, 9.17) is 11.6 Å². The summed E-state index contributed by atoms with van der Waals surface area (Å²) < 4.78 is 0. The SMILES string of the molecule is O=C(C(=O)N(c1ccc(Cl)cc1)C(/C=C/c1ccccc1)C(=O)NC1CCCCC1)c1ccccc1. The Kier molecular flexibility index (Phi) is 8.69. The highest BCUT2D eigenvalue weighted by Gasteiger charge is 2.34. The summed E-state index contributed by atoms with van der Waals surface area (Å²) in [6.07, 6.45) is 8.55. The van der Waals surface area contributed by atoms with Crippen molar-refractivity contribution in [1.82, 2.24) is 5.32 Å². The predicted octanol–water partition coefficient (Wildman–Crippen LogP) is 6.09. The summed E-state index contributed by atoms with van der Waals surface area (Å²) in [7, 11) is 0. The van der Waals surface area contributed by atoms with Crippen LogP contribution in [0.15, 0.2) is 91.0 Å². The zero-order valence-corrected chi connectivity index (χ0v) is 20.7. The van der Waals surface area contributed by atoms with E-state index in [1.54, 1.807) is 66.7 Å². The molecule has 1 saturated carbocycles. The lowest BCUT2D eigenvalue weighted by Crippen LogP contribution is -2.53. The smallest absolute Gasteiger partial charge is 0.300 e. The highest BCUT2D eigenvalue weighted by atomic mass is 35.5. The van der Waals surface area contributed by atoms with Crippen molar-refractivity contribution in [3.8, 4) is 0 Å². The zero-order chi connectivity index (χ0) is 25.3. The molecule has 0 bridgehead atoms. The van der Waals surface area contributed by atoms with Crippen LogP contribution in [-0.4, -0.2) is 29.7 Å². The molecule has 6 heteroatoms. The molecule has 3 aromatic carbocycles. The van der Waals surface area contributed by atoms with Crippen LogP contribution in [0.3, 0.4) is 0 Å². The number of halogens is 1. The molecule has 5 nitrogen and oxygen atoms in total. The van der Waals surface area contributed by atoms with Crippen molar-refractivity contribution < 1.29 is 14.4 Å². The highest BCUT2D eigenvalue weighted by molar-refractivity contribution is 6.47. The summed E-state index contributed by atoms with van der Waals surface area (Å²) in [5.41, 5.74) is 1.56. The molecule has 1 unspecified atom stereocenters. The van der Waals surface area contributed by atoms with Crippen molar-refractivity contribution in [3.05, 3.63) is 107 Å². The van der Waals surface area contributed by atoms with Gasteiger partial charge in [0.1, 0.15) is 6.04 Å². The van der Waals surface area contributed by atoms with Gasteiger partial charge in [-0.05, 0) is 42.7 Å². The van der Waals surface area contributed by atoms with E-state index < -0.39 is 17.7 Å². The van der Waals surface area contributed by atoms with Gasteiger partial charge in [-0.15, -0.1) is 0 Å². The Labute approximate surface area is 216 Å². The minimum absolute atomic E-state index is 0.0471. The number of hydrogen-bond acceptors (Lipinski definition) is 3. The van der Waals surface area contributed by atoms with Gasteiger partial charge in [-0.2, -0.15) is 0 Å². The van der Waals surface area contributed by atoms with Crippen LogP contribution in [0.25, 0.3) is 6.08 Å². The third-order valence-electron chi connectivity index (χ3n) is 6.32. The lowest BCUT2D eigenvalue weighted by molar-refractivity contribution is -0.124. The van der Waals surface area contributed by atoms with E-state index >= 15 is 0 Å². The maximum Gasteiger partial charge on any atom is 0.300 e. The van der Waals surface area contributed by atoms with Gasteiger partial charge in [-0.1, -0.05) is 104 Å². The summed E-state index contributed by atoms with van der Waals surface area (Å²) in [5.74, 6) is -1.79. The van der Waals surface area contributed by atoms with Gasteiger partial charge in [0, 0.05) is 22.3 Å². The minimum Gasteiger partial charge on any atom is -0.351 e. The molecular weight excluding hydrogens is 472 g/mol. The number of Topliss-reactive ketones (excluding diaryl/α,β-unsaturated/α-hetero) is 1. The van der Waals surface area contributed by atoms with E-state index in [-0.39, 0.29) is 17.5 Å². The van der Waals surface area contributed by atoms with Gasteiger partial charge in [0.2, 0.25) is 5.91 Å². The Bertz CT molecular complexity index is 1200. The van der Waals surface area contributed by atoms with Crippen LogP contribution in [0.1, 0.15) is 48.0 Å². The number of carbonyl (C=O) groups excluding carboxylic acids is 3. The van der Waals surface area contributed by atoms with Crippen LogP contribution in [0, 0.1) is 0 Å². The number of ketones is 1. The molecule has 0 aliphatic heterocycles. The quantitative estimate of drug-likeness (QED) is 0.301. The van der Waals surface area contributed by atoms with Gasteiger partial charge < -0.3 is 5.32 Å². The fourth-order valence-corrected chi connectivity index (χ4v) is 4.54. The van der Waals surface area contributed by atoms with Crippen LogP contribution < -0.4 is 10.2 Å². The molecule has 0 aromatic heterocycles. The molecule has 0 heterocycles. The molecule has 4 rings (SSSR count). The molecule has 0 radical (unpaired) electrons. The van der Waals surface area contributed by atoms with Crippen molar-refractivity contribution in [2.24, 2.45) is 0 Å². The third kappa shape index (κ3) is 6.49. The lowest BCUT2D eigenvalue weighted by atomic mass is 9.95. The molecule has 36 heavy (non-hydrogen) atoms. The number of anilines is 1. The third-order valence-corrected chi connectivity index (χ3v) is 6.57. The Hall–Kier alpha value is -3.70. The molecule has 1 N–H and O–H groups in total. The van der Waals surface area contributed by atoms with E-state index in [2.05, 4.69) is 5.32 Å². The fourth-order valence-electron chi connectivity index (χ4n) is 4.42. The normalized spacial score (nSPS) is 14.8. The molecule has 0 saturated heterocycles. The molecule has 1 aliphatic rings. The number of nitrogens with one attached hydrogen (secondary N) is 1. The van der Waals surface area contributed by atoms with E-state index in [9.17, 15) is 14.4 Å². The van der Waals surface area contributed by atoms with Crippen LogP contribution in [0.4, 0.5) is 5.69 Å². The lowest BCUT2D eigenvalue weighted by Gasteiger charge is -2.31. The monoisotopic (exact) mass is 500 g/mol. The predicted molar refractivity (Wildman–Crippen MR) is 144 cm³/mol. The number of carbonyl (C=O) groups is 3. The van der Waals surface area contributed by atoms with Gasteiger partial charge in [-0.25, -0.2) is 0 Å². The second kappa shape index (κ2) is 12.3. The van der Waals surface area contributed by atoms with Gasteiger partial charge in [0.15, 0.2) is 0 Å². The Morgan fingerprint density at radius 2 is 1.44 bits per heavy atom. The van der Waals surface area contributed by atoms with E-state index in [1.807, 2.05) is 30.3 Å². The molecule has 1 atom stereocenters. The Morgan fingerprint density at radius 1 is 0.833 bits per heavy atom. The standard InChI is InChI=1S/C30H29ClN2O3/c31-24-17-19-26(20-18-24)33(30(36)28(34)23-12-6-2-7-13-23)27(21-16-22-10-4-1-5-11-22)29(35)32-25-14-8-3-9-15-25/h1-2,4-7,10-13,16-21,25,27H,3,8-9,14-15H2,(H,32,35)/b21-16+. The average molecular weight is 501 g/mol. The first-order chi connectivity index (χ1) is 17.5. The number of rotatable bonds is 8. The summed E-state index contributed by atoms with van der Waals surface area (Å²) in [6, 6.07) is 23.5. The fraction of sp³-hybridized carbons (Fsp3) is 0.233. The average Bonchev–Trinajstić information content (AvgIpc) is 2.92. The molecule has 184 valence electrons. The van der Waals surface area contributed by atoms with Crippen molar-refractivity contribution >= 4 is 41.0 Å². The van der Waals surface area contributed by atoms with Crippen molar-refractivity contribution in [3.63, 3.8) is 0 Å². The first-order valence-electron chi connectivity index (χ1n) is 12.2. The number of benzene rings is 3. The van der Waals surface area contributed by atoms with Crippen molar-refractivity contribution in [2.75, 3.05) is 4.90 Å². The maximum atomic E-state index is 13.7. The topological polar surface area (TPSA) is 66.5 Å². The van der Waals surface area contributed by atoms with E-state index in [0.29, 0.717) is 10.7 Å². The molecule has 1 aliphatic carbocycles. The highest BCUT2D eigenvalue weighted by Crippen LogP contribution is 2.24. The van der Waals surface area contributed by atoms with E-state index in [1.165, 1.54) is 4.90 Å². The van der Waals surface area contributed by atoms with Crippen molar-refractivity contribution in [2.45, 2.75) is 44.2 Å². The second-order valence-corrected chi connectivity index (χ2v) is 9.34. The van der Waals surface area contributed by atoms with Gasteiger partial charge in [0.25, 0.3) is 11.7 Å². The first kappa shape index (κ1) is 25.4. The first-order valence-corrected chi connectivity index (χ1v) is 12.6. The molecular formula is C30H29ClN2O3. The molecule has 3 aromatic rings. The maximum absolute atomic E-state index is 13.7. The van der Waals surface area contributed by atoms with Crippen LogP contribution in [0.2, 0.25) is 5.02 Å². The zero-order valence-electron chi connectivity index (χ0n) is 20.0. The van der Waals surface area contributed by atoms with Crippen molar-refractivity contribution in [1.29, 1.82) is 0 Å². The van der Waals surface area contributed by atoms with Gasteiger partial charge >= 0.3 is 0 Å². The molecule has 1 fully saturated rings. The van der Waals surface area contributed by atoms with Gasteiger partial charge in [0.05, 0.1) is 0 Å². The van der Waals surface area contributed by atoms with E-state index in [0.717, 1.165) is 37.7 Å². The Morgan fingerprint density at radius 3 is 2.08 bits per heavy atom. The van der Waals surface area contributed by atoms with Gasteiger partial charge in [-0.3, -0.25) is 19.3 Å². The van der Waals surface area contributed by atoms with Crippen LogP contribution >= 0.6 is 11.6 Å². The molecule has 0 spiro atoms. The largest absolute Gasteiger partial charge is 0.351 e. The summed E-state index contributed by atoms with van der Waals surface area (Å²) in [4.78, 5) is 41.9. The summed E-state index contributed by atoms with van der Waals surface area (Å²) >= 11 is 6.10. The number of amides is 2. The molecule has 2 amide bonds.